The minimum absolute atomic E-state index is 0.112. The smallest absolute Gasteiger partial charge is 0.353 e. The minimum atomic E-state index is -6.66. The highest BCUT2D eigenvalue weighted by atomic mass is 32.2. The van der Waals surface area contributed by atoms with Crippen LogP contribution in [0.25, 0.3) is 0 Å². The van der Waals surface area contributed by atoms with Gasteiger partial charge >= 0.3 is 27.8 Å². The Morgan fingerprint density at radius 3 is 1.96 bits per heavy atom. The first-order chi connectivity index (χ1) is 10.2. The highest BCUT2D eigenvalue weighted by Gasteiger charge is 2.64. The lowest BCUT2D eigenvalue weighted by Crippen LogP contribution is -2.48. The molecule has 0 saturated heterocycles. The second-order valence-electron chi connectivity index (χ2n) is 3.99. The SMILES string of the molecule is CCCCOC(C)OC(F)(F)C(F)(F)OOS(=O)(=O)C(F)(F)F. The summed E-state index contributed by atoms with van der Waals surface area (Å²) in [7, 11) is -6.66. The average Bonchev–Trinajstić information content (AvgIpc) is 2.34. The molecule has 6 nitrogen and oxygen atoms in total. The molecule has 0 bridgehead atoms. The number of halogens is 7. The maximum absolute atomic E-state index is 13.1. The van der Waals surface area contributed by atoms with Gasteiger partial charge in [0.1, 0.15) is 0 Å². The summed E-state index contributed by atoms with van der Waals surface area (Å²) < 4.78 is 119. The Morgan fingerprint density at radius 2 is 1.52 bits per heavy atom. The van der Waals surface area contributed by atoms with Crippen LogP contribution in [0.1, 0.15) is 26.7 Å². The Kier molecular flexibility index (Phi) is 7.67. The Morgan fingerprint density at radius 1 is 1.00 bits per heavy atom. The van der Waals surface area contributed by atoms with Crippen molar-refractivity contribution in [1.29, 1.82) is 0 Å². The maximum Gasteiger partial charge on any atom is 0.525 e. The fourth-order valence-electron chi connectivity index (χ4n) is 0.879. The van der Waals surface area contributed by atoms with Gasteiger partial charge in [0.05, 0.1) is 0 Å². The van der Waals surface area contributed by atoms with Gasteiger partial charge in [-0.05, 0) is 13.3 Å². The van der Waals surface area contributed by atoms with Crippen molar-refractivity contribution in [3.8, 4) is 0 Å². The molecule has 140 valence electrons. The molecule has 0 heterocycles. The Balaban J connectivity index is 4.77. The summed E-state index contributed by atoms with van der Waals surface area (Å²) in [6, 6.07) is 0. The van der Waals surface area contributed by atoms with Crippen LogP contribution >= 0.6 is 0 Å². The molecule has 0 aromatic heterocycles. The van der Waals surface area contributed by atoms with Crippen LogP contribution in [0.2, 0.25) is 0 Å². The second-order valence-corrected chi connectivity index (χ2v) is 5.50. The van der Waals surface area contributed by atoms with Crippen molar-refractivity contribution in [3.05, 3.63) is 0 Å². The van der Waals surface area contributed by atoms with E-state index in [1.54, 1.807) is 6.92 Å². The first-order valence-corrected chi connectivity index (χ1v) is 7.30. The van der Waals surface area contributed by atoms with Gasteiger partial charge in [-0.15, -0.1) is 4.89 Å². The summed E-state index contributed by atoms with van der Waals surface area (Å²) >= 11 is 0. The molecule has 0 rings (SSSR count). The van der Waals surface area contributed by atoms with E-state index < -0.39 is 34.1 Å². The molecule has 23 heavy (non-hydrogen) atoms. The summed E-state index contributed by atoms with van der Waals surface area (Å²) in [5.41, 5.74) is -6.14. The van der Waals surface area contributed by atoms with Crippen molar-refractivity contribution in [1.82, 2.24) is 0 Å². The molecule has 0 aliphatic carbocycles. The van der Waals surface area contributed by atoms with Gasteiger partial charge in [-0.1, -0.05) is 17.7 Å². The summed E-state index contributed by atoms with van der Waals surface area (Å²) in [5, 5.41) is 0. The van der Waals surface area contributed by atoms with E-state index in [1.165, 1.54) is 0 Å². The molecule has 0 aromatic rings. The van der Waals surface area contributed by atoms with E-state index in [4.69, 9.17) is 0 Å². The lowest BCUT2D eigenvalue weighted by atomic mass is 10.4. The number of alkyl halides is 7. The molecule has 14 heteroatoms. The van der Waals surface area contributed by atoms with Gasteiger partial charge in [0.15, 0.2) is 6.29 Å². The minimum Gasteiger partial charge on any atom is -0.353 e. The fourth-order valence-corrected chi connectivity index (χ4v) is 1.13. The van der Waals surface area contributed by atoms with E-state index in [0.717, 1.165) is 6.92 Å². The molecule has 0 spiro atoms. The summed E-state index contributed by atoms with van der Waals surface area (Å²) in [4.78, 5) is 2.44. The van der Waals surface area contributed by atoms with Gasteiger partial charge in [-0.25, -0.2) is 0 Å². The zero-order chi connectivity index (χ0) is 18.5. The van der Waals surface area contributed by atoms with Crippen LogP contribution in [0.5, 0.6) is 0 Å². The van der Waals surface area contributed by atoms with E-state index in [-0.39, 0.29) is 6.61 Å². The van der Waals surface area contributed by atoms with E-state index in [0.29, 0.717) is 12.8 Å². The number of unbranched alkanes of at least 4 members (excludes halogenated alkanes) is 1. The van der Waals surface area contributed by atoms with Crippen LogP contribution in [0.4, 0.5) is 30.7 Å². The quantitative estimate of drug-likeness (QED) is 0.144. The normalized spacial score (nSPS) is 15.7. The number of hydrogen-bond donors (Lipinski definition) is 0. The summed E-state index contributed by atoms with van der Waals surface area (Å²) in [6.45, 7) is 2.43. The molecule has 0 N–H and O–H groups in total. The fraction of sp³-hybridized carbons (Fsp3) is 1.00. The molecular formula is C9H13F7O6S. The molecule has 1 atom stereocenters. The first kappa shape index (κ1) is 22.3. The number of hydrogen-bond acceptors (Lipinski definition) is 6. The van der Waals surface area contributed by atoms with E-state index in [9.17, 15) is 39.2 Å². The van der Waals surface area contributed by atoms with Crippen molar-refractivity contribution in [2.45, 2.75) is 50.7 Å². The van der Waals surface area contributed by atoms with Gasteiger partial charge in [0.2, 0.25) is 0 Å². The van der Waals surface area contributed by atoms with Crippen LogP contribution in [0.15, 0.2) is 0 Å². The van der Waals surface area contributed by atoms with E-state index >= 15 is 0 Å². The lowest BCUT2D eigenvalue weighted by molar-refractivity contribution is -0.510. The molecule has 0 saturated carbocycles. The van der Waals surface area contributed by atoms with Crippen molar-refractivity contribution in [3.63, 3.8) is 0 Å². The molecule has 0 fully saturated rings. The summed E-state index contributed by atoms with van der Waals surface area (Å²) in [6.07, 6.45) is -12.2. The van der Waals surface area contributed by atoms with Gasteiger partial charge in [0, 0.05) is 6.61 Å². The van der Waals surface area contributed by atoms with Gasteiger partial charge in [-0.3, -0.25) is 4.74 Å². The number of ether oxygens (including phenoxy) is 2. The third kappa shape index (κ3) is 6.74. The monoisotopic (exact) mass is 382 g/mol. The molecule has 0 radical (unpaired) electrons. The molecule has 1 unspecified atom stereocenters. The predicted octanol–water partition coefficient (Wildman–Crippen LogP) is 3.15. The highest BCUT2D eigenvalue weighted by Crippen LogP contribution is 2.39. The van der Waals surface area contributed by atoms with Crippen molar-refractivity contribution < 1.29 is 57.8 Å². The van der Waals surface area contributed by atoms with Crippen molar-refractivity contribution in [2.75, 3.05) is 6.61 Å². The predicted molar refractivity (Wildman–Crippen MR) is 58.4 cm³/mol. The Labute approximate surface area is 126 Å². The van der Waals surface area contributed by atoms with Crippen LogP contribution in [0, 0.1) is 0 Å². The van der Waals surface area contributed by atoms with Crippen LogP contribution in [0.3, 0.4) is 0 Å². The van der Waals surface area contributed by atoms with Crippen LogP contribution < -0.4 is 0 Å². The van der Waals surface area contributed by atoms with E-state index in [1.807, 2.05) is 0 Å². The maximum atomic E-state index is 13.1. The van der Waals surface area contributed by atoms with E-state index in [2.05, 4.69) is 18.7 Å². The van der Waals surface area contributed by atoms with Gasteiger partial charge in [0.25, 0.3) is 0 Å². The molecule has 0 aliphatic rings. The highest BCUT2D eigenvalue weighted by molar-refractivity contribution is 7.87. The number of rotatable bonds is 10. The zero-order valence-electron chi connectivity index (χ0n) is 11.7. The lowest BCUT2D eigenvalue weighted by Gasteiger charge is -2.26. The zero-order valence-corrected chi connectivity index (χ0v) is 12.5. The topological polar surface area (TPSA) is 71.1 Å². The van der Waals surface area contributed by atoms with Crippen molar-refractivity contribution in [2.24, 2.45) is 0 Å². The largest absolute Gasteiger partial charge is 0.525 e. The van der Waals surface area contributed by atoms with Crippen LogP contribution in [-0.2, 0) is 28.8 Å². The third-order valence-corrected chi connectivity index (χ3v) is 2.83. The first-order valence-electron chi connectivity index (χ1n) is 5.90. The molecule has 0 aliphatic heterocycles. The van der Waals surface area contributed by atoms with Crippen LogP contribution in [-0.4, -0.2) is 39.0 Å². The standard InChI is InChI=1S/C9H13F7O6S/c1-3-4-5-19-6(2)20-7(10,11)8(12,13)21-22-23(17,18)9(14,15)16/h6H,3-5H2,1-2H3. The average molecular weight is 382 g/mol. The second kappa shape index (κ2) is 7.92. The molecule has 0 aromatic carbocycles. The third-order valence-electron chi connectivity index (χ3n) is 2.01. The summed E-state index contributed by atoms with van der Waals surface area (Å²) in [5.74, 6) is 0. The molecular weight excluding hydrogens is 369 g/mol. The van der Waals surface area contributed by atoms with Gasteiger partial charge < -0.3 is 4.74 Å². The van der Waals surface area contributed by atoms with Gasteiger partial charge in [-0.2, -0.15) is 39.2 Å². The Bertz CT molecular complexity index is 464. The van der Waals surface area contributed by atoms with Crippen molar-refractivity contribution >= 4 is 10.1 Å². The Hall–Kier alpha value is -0.700. The molecule has 0 amide bonds.